The third-order valence-electron chi connectivity index (χ3n) is 3.81. The van der Waals surface area contributed by atoms with Crippen molar-refractivity contribution in [2.45, 2.75) is 5.54 Å². The molecule has 0 aromatic heterocycles. The van der Waals surface area contributed by atoms with Crippen LogP contribution in [0.15, 0.2) is 53.6 Å². The lowest BCUT2D eigenvalue weighted by molar-refractivity contribution is 0.357. The van der Waals surface area contributed by atoms with Crippen LogP contribution in [0.25, 0.3) is 0 Å². The minimum Gasteiger partial charge on any atom is -0.356 e. The van der Waals surface area contributed by atoms with Gasteiger partial charge in [-0.1, -0.05) is 24.3 Å². The SMILES string of the molecule is Fc1ccc(C([SiH2]CN2CNC=N2)c2ccc(F)cc2)cc1. The fourth-order valence-electron chi connectivity index (χ4n) is 2.64. The van der Waals surface area contributed by atoms with Crippen LogP contribution in [0.4, 0.5) is 8.78 Å². The van der Waals surface area contributed by atoms with E-state index in [1.165, 1.54) is 24.3 Å². The first-order valence-electron chi connectivity index (χ1n) is 7.24. The van der Waals surface area contributed by atoms with Crippen LogP contribution in [0.1, 0.15) is 16.7 Å². The fourth-order valence-corrected chi connectivity index (χ4v) is 4.68. The second-order valence-electron chi connectivity index (χ2n) is 5.28. The van der Waals surface area contributed by atoms with Crippen molar-refractivity contribution in [2.75, 3.05) is 12.8 Å². The Bertz CT molecular complexity index is 598. The van der Waals surface area contributed by atoms with Gasteiger partial charge in [0.1, 0.15) is 24.6 Å². The highest BCUT2D eigenvalue weighted by atomic mass is 28.2. The lowest BCUT2D eigenvalue weighted by Gasteiger charge is -2.20. The molecule has 0 saturated heterocycles. The van der Waals surface area contributed by atoms with Crippen molar-refractivity contribution in [3.63, 3.8) is 0 Å². The first-order valence-corrected chi connectivity index (χ1v) is 9.06. The lowest BCUT2D eigenvalue weighted by Crippen LogP contribution is -2.28. The molecule has 0 fully saturated rings. The summed E-state index contributed by atoms with van der Waals surface area (Å²) in [5.41, 5.74) is 2.38. The van der Waals surface area contributed by atoms with Gasteiger partial charge in [0.05, 0.1) is 9.52 Å². The summed E-state index contributed by atoms with van der Waals surface area (Å²) in [5.74, 6) is -0.478. The highest BCUT2D eigenvalue weighted by molar-refractivity contribution is 6.39. The molecule has 0 unspecified atom stereocenters. The van der Waals surface area contributed by atoms with E-state index in [1.54, 1.807) is 6.34 Å². The molecular weight excluding hydrogens is 300 g/mol. The smallest absolute Gasteiger partial charge is 0.123 e. The monoisotopic (exact) mass is 317 g/mol. The van der Waals surface area contributed by atoms with Crippen LogP contribution >= 0.6 is 0 Å². The zero-order valence-electron chi connectivity index (χ0n) is 12.0. The molecule has 2 aromatic carbocycles. The Labute approximate surface area is 130 Å². The fraction of sp³-hybridized carbons (Fsp3) is 0.188. The number of hydrogen-bond acceptors (Lipinski definition) is 3. The van der Waals surface area contributed by atoms with Crippen molar-refractivity contribution in [3.05, 3.63) is 71.3 Å². The van der Waals surface area contributed by atoms with Crippen molar-refractivity contribution in [1.29, 1.82) is 0 Å². The summed E-state index contributed by atoms with van der Waals surface area (Å²) in [7, 11) is -0.598. The number of hydrazone groups is 1. The predicted molar refractivity (Wildman–Crippen MR) is 86.4 cm³/mol. The van der Waals surface area contributed by atoms with Gasteiger partial charge in [0.25, 0.3) is 0 Å². The van der Waals surface area contributed by atoms with E-state index in [0.29, 0.717) is 0 Å². The molecule has 6 heteroatoms. The Balaban J connectivity index is 1.82. The predicted octanol–water partition coefficient (Wildman–Crippen LogP) is 1.99. The summed E-state index contributed by atoms with van der Waals surface area (Å²) in [5, 5.41) is 9.28. The summed E-state index contributed by atoms with van der Waals surface area (Å²) < 4.78 is 26.3. The van der Waals surface area contributed by atoms with Gasteiger partial charge in [-0.2, -0.15) is 5.10 Å². The molecule has 0 spiro atoms. The van der Waals surface area contributed by atoms with Crippen molar-refractivity contribution in [1.82, 2.24) is 10.3 Å². The maximum absolute atomic E-state index is 13.2. The van der Waals surface area contributed by atoms with Gasteiger partial charge >= 0.3 is 0 Å². The van der Waals surface area contributed by atoms with Crippen LogP contribution in [0.5, 0.6) is 0 Å². The molecule has 1 N–H and O–H groups in total. The molecule has 1 heterocycles. The average Bonchev–Trinajstić information content (AvgIpc) is 3.04. The molecule has 0 atom stereocenters. The number of nitrogens with zero attached hydrogens (tertiary/aromatic N) is 2. The van der Waals surface area contributed by atoms with Crippen molar-refractivity contribution >= 4 is 15.9 Å². The lowest BCUT2D eigenvalue weighted by atomic mass is 10.0. The van der Waals surface area contributed by atoms with Crippen LogP contribution in [-0.4, -0.2) is 33.7 Å². The zero-order valence-corrected chi connectivity index (χ0v) is 13.5. The maximum atomic E-state index is 13.2. The molecule has 1 aliphatic heterocycles. The number of hydrogen-bond donors (Lipinski definition) is 1. The number of rotatable bonds is 5. The molecule has 0 radical (unpaired) electrons. The molecule has 3 nitrogen and oxygen atoms in total. The van der Waals surface area contributed by atoms with E-state index in [1.807, 2.05) is 29.3 Å². The first-order chi connectivity index (χ1) is 10.7. The van der Waals surface area contributed by atoms with Crippen molar-refractivity contribution in [2.24, 2.45) is 5.10 Å². The molecule has 0 amide bonds. The quantitative estimate of drug-likeness (QED) is 0.854. The first kappa shape index (κ1) is 14.7. The van der Waals surface area contributed by atoms with Crippen LogP contribution in [0.2, 0.25) is 0 Å². The van der Waals surface area contributed by atoms with Gasteiger partial charge in [0.15, 0.2) is 0 Å². The minimum atomic E-state index is -0.598. The van der Waals surface area contributed by atoms with Gasteiger partial charge in [-0.05, 0) is 40.9 Å². The van der Waals surface area contributed by atoms with E-state index in [0.717, 1.165) is 24.0 Å². The molecule has 0 saturated carbocycles. The summed E-state index contributed by atoms with van der Waals surface area (Å²) >= 11 is 0. The number of benzene rings is 2. The van der Waals surface area contributed by atoms with Crippen LogP contribution in [-0.2, 0) is 0 Å². The van der Waals surface area contributed by atoms with E-state index < -0.39 is 9.52 Å². The van der Waals surface area contributed by atoms with Gasteiger partial charge < -0.3 is 5.32 Å². The normalized spacial score (nSPS) is 14.2. The zero-order chi connectivity index (χ0) is 15.4. The van der Waals surface area contributed by atoms with Gasteiger partial charge in [0.2, 0.25) is 0 Å². The van der Waals surface area contributed by atoms with Crippen LogP contribution in [0.3, 0.4) is 0 Å². The van der Waals surface area contributed by atoms with Crippen molar-refractivity contribution in [3.8, 4) is 0 Å². The molecule has 1 aliphatic rings. The summed E-state index contributed by atoms with van der Waals surface area (Å²) in [6, 6.07) is 13.2. The number of halogens is 2. The Morgan fingerprint density at radius 1 is 1.00 bits per heavy atom. The largest absolute Gasteiger partial charge is 0.356 e. The molecular formula is C16H17F2N3Si. The minimum absolute atomic E-state index is 0.219. The average molecular weight is 317 g/mol. The highest BCUT2D eigenvalue weighted by Crippen LogP contribution is 2.24. The Morgan fingerprint density at radius 3 is 2.00 bits per heavy atom. The summed E-state index contributed by atoms with van der Waals surface area (Å²) in [4.78, 5) is 0. The molecule has 2 aromatic rings. The topological polar surface area (TPSA) is 27.6 Å². The Hall–Kier alpha value is -2.21. The second kappa shape index (κ2) is 6.70. The van der Waals surface area contributed by atoms with E-state index in [2.05, 4.69) is 10.4 Å². The molecule has 0 bridgehead atoms. The molecule has 3 rings (SSSR count). The highest BCUT2D eigenvalue weighted by Gasteiger charge is 2.17. The van der Waals surface area contributed by atoms with Crippen LogP contribution < -0.4 is 5.32 Å². The van der Waals surface area contributed by atoms with E-state index in [9.17, 15) is 8.78 Å². The van der Waals surface area contributed by atoms with E-state index in [-0.39, 0.29) is 17.2 Å². The van der Waals surface area contributed by atoms with Gasteiger partial charge in [-0.15, -0.1) is 0 Å². The summed E-state index contributed by atoms with van der Waals surface area (Å²) in [6.07, 6.45) is 2.60. The summed E-state index contributed by atoms with van der Waals surface area (Å²) in [6.45, 7) is 0.729. The van der Waals surface area contributed by atoms with Crippen LogP contribution in [0, 0.1) is 11.6 Å². The molecule has 22 heavy (non-hydrogen) atoms. The Morgan fingerprint density at radius 2 is 1.55 bits per heavy atom. The maximum Gasteiger partial charge on any atom is 0.123 e. The van der Waals surface area contributed by atoms with Gasteiger partial charge in [-0.3, -0.25) is 5.01 Å². The molecule has 114 valence electrons. The third kappa shape index (κ3) is 3.51. The third-order valence-corrected chi connectivity index (χ3v) is 6.10. The van der Waals surface area contributed by atoms with E-state index >= 15 is 0 Å². The van der Waals surface area contributed by atoms with Gasteiger partial charge in [-0.25, -0.2) is 8.78 Å². The standard InChI is InChI=1S/C16H17F2N3Si/c17-14-5-1-12(2-6-14)16(13-3-7-15(18)8-4-13)22-11-21-10-19-9-20-21/h1-9,16H,10-11,22H2,(H,19,20). The molecule has 0 aliphatic carbocycles. The second-order valence-corrected chi connectivity index (χ2v) is 7.12. The van der Waals surface area contributed by atoms with E-state index in [4.69, 9.17) is 0 Å². The van der Waals surface area contributed by atoms with Gasteiger partial charge in [0, 0.05) is 6.17 Å². The van der Waals surface area contributed by atoms with Crippen molar-refractivity contribution < 1.29 is 8.78 Å². The Kier molecular flexibility index (Phi) is 4.48. The number of nitrogens with one attached hydrogen (secondary N) is 1.